The van der Waals surface area contributed by atoms with E-state index in [1.165, 1.54) is 11.1 Å². The average molecular weight is 298 g/mol. The first-order valence-electron chi connectivity index (χ1n) is 7.96. The van der Waals surface area contributed by atoms with Gasteiger partial charge in [-0.1, -0.05) is 38.1 Å². The summed E-state index contributed by atoms with van der Waals surface area (Å²) >= 11 is 0. The second-order valence-electron chi connectivity index (χ2n) is 6.27. The predicted molar refractivity (Wildman–Crippen MR) is 90.6 cm³/mol. The third-order valence-corrected chi connectivity index (χ3v) is 3.83. The quantitative estimate of drug-likeness (QED) is 0.820. The number of hydrogen-bond donors (Lipinski definition) is 2. The second-order valence-corrected chi connectivity index (χ2v) is 6.27. The van der Waals surface area contributed by atoms with Gasteiger partial charge in [-0.3, -0.25) is 4.98 Å². The molecule has 0 saturated heterocycles. The van der Waals surface area contributed by atoms with E-state index in [-0.39, 0.29) is 6.04 Å². The molecule has 1 heterocycles. The molecule has 3 nitrogen and oxygen atoms in total. The molecule has 1 aromatic carbocycles. The third kappa shape index (κ3) is 4.93. The number of nitrogens with zero attached hydrogens (tertiary/aromatic N) is 1. The Bertz CT molecular complexity index is 551. The molecule has 2 aromatic rings. The van der Waals surface area contributed by atoms with Crippen LogP contribution in [-0.2, 0) is 6.42 Å². The summed E-state index contributed by atoms with van der Waals surface area (Å²) in [6.07, 6.45) is 4.01. The van der Waals surface area contributed by atoms with Crippen LogP contribution in [0, 0.1) is 5.92 Å². The van der Waals surface area contributed by atoms with Gasteiger partial charge in [0.15, 0.2) is 0 Å². The number of aliphatic hydroxyl groups excluding tert-OH is 1. The maximum absolute atomic E-state index is 10.2. The Balaban J connectivity index is 1.88. The molecule has 2 N–H and O–H groups in total. The van der Waals surface area contributed by atoms with Crippen LogP contribution >= 0.6 is 0 Å². The van der Waals surface area contributed by atoms with Crippen molar-refractivity contribution in [1.82, 2.24) is 10.3 Å². The van der Waals surface area contributed by atoms with Crippen molar-refractivity contribution in [3.63, 3.8) is 0 Å². The first-order valence-corrected chi connectivity index (χ1v) is 7.96. The molecule has 3 heteroatoms. The molecule has 0 amide bonds. The van der Waals surface area contributed by atoms with Crippen LogP contribution in [0.4, 0.5) is 0 Å². The molecule has 0 aliphatic rings. The van der Waals surface area contributed by atoms with E-state index in [4.69, 9.17) is 0 Å². The molecule has 0 bridgehead atoms. The minimum absolute atomic E-state index is 0.213. The number of rotatable bonds is 7. The molecular weight excluding hydrogens is 272 g/mol. The minimum Gasteiger partial charge on any atom is -0.387 e. The van der Waals surface area contributed by atoms with E-state index >= 15 is 0 Å². The highest BCUT2D eigenvalue weighted by Gasteiger charge is 2.10. The van der Waals surface area contributed by atoms with Gasteiger partial charge in [-0.2, -0.15) is 0 Å². The number of aliphatic hydroxyl groups is 1. The fourth-order valence-corrected chi connectivity index (χ4v) is 2.52. The lowest BCUT2D eigenvalue weighted by Crippen LogP contribution is -2.24. The smallest absolute Gasteiger partial charge is 0.0915 e. The van der Waals surface area contributed by atoms with Crippen molar-refractivity contribution in [1.29, 1.82) is 0 Å². The first kappa shape index (κ1) is 16.7. The Morgan fingerprint density at radius 3 is 2.18 bits per heavy atom. The van der Waals surface area contributed by atoms with Crippen LogP contribution in [-0.4, -0.2) is 16.6 Å². The lowest BCUT2D eigenvalue weighted by Gasteiger charge is -2.18. The maximum Gasteiger partial charge on any atom is 0.0915 e. The predicted octanol–water partition coefficient (Wildman–Crippen LogP) is 3.66. The normalized spacial score (nSPS) is 14.0. The second kappa shape index (κ2) is 8.06. The van der Waals surface area contributed by atoms with E-state index < -0.39 is 6.10 Å². The summed E-state index contributed by atoms with van der Waals surface area (Å²) in [5, 5.41) is 13.6. The van der Waals surface area contributed by atoms with Gasteiger partial charge >= 0.3 is 0 Å². The highest BCUT2D eigenvalue weighted by molar-refractivity contribution is 5.25. The van der Waals surface area contributed by atoms with Gasteiger partial charge in [0.2, 0.25) is 0 Å². The molecule has 118 valence electrons. The van der Waals surface area contributed by atoms with Crippen molar-refractivity contribution in [3.8, 4) is 0 Å². The van der Waals surface area contributed by atoms with E-state index in [2.05, 4.69) is 55.3 Å². The van der Waals surface area contributed by atoms with Gasteiger partial charge in [0, 0.05) is 25.0 Å². The molecule has 0 radical (unpaired) electrons. The standard InChI is InChI=1S/C19H26N2O/c1-14(2)12-16-4-6-17(7-5-16)15(3)21-13-19(22)18-8-10-20-11-9-18/h4-11,14-15,19,21-22H,12-13H2,1-3H3. The Kier molecular flexibility index (Phi) is 6.10. The molecule has 0 aliphatic carbocycles. The van der Waals surface area contributed by atoms with Gasteiger partial charge < -0.3 is 10.4 Å². The van der Waals surface area contributed by atoms with E-state index in [1.807, 2.05) is 12.1 Å². The van der Waals surface area contributed by atoms with Crippen molar-refractivity contribution in [2.45, 2.75) is 39.3 Å². The van der Waals surface area contributed by atoms with Gasteiger partial charge in [0.1, 0.15) is 0 Å². The van der Waals surface area contributed by atoms with Crippen LogP contribution in [0.15, 0.2) is 48.8 Å². The average Bonchev–Trinajstić information content (AvgIpc) is 2.53. The minimum atomic E-state index is -0.509. The largest absolute Gasteiger partial charge is 0.387 e. The van der Waals surface area contributed by atoms with Crippen molar-refractivity contribution >= 4 is 0 Å². The summed E-state index contributed by atoms with van der Waals surface area (Å²) in [6, 6.07) is 12.7. The number of nitrogens with one attached hydrogen (secondary N) is 1. The van der Waals surface area contributed by atoms with Gasteiger partial charge in [0.05, 0.1) is 6.10 Å². The molecule has 0 aliphatic heterocycles. The molecule has 2 unspecified atom stereocenters. The summed E-state index contributed by atoms with van der Waals surface area (Å²) in [6.45, 7) is 7.12. The van der Waals surface area contributed by atoms with Crippen LogP contribution in [0.25, 0.3) is 0 Å². The zero-order valence-electron chi connectivity index (χ0n) is 13.7. The van der Waals surface area contributed by atoms with E-state index in [9.17, 15) is 5.11 Å². The zero-order valence-corrected chi connectivity index (χ0v) is 13.7. The molecular formula is C19H26N2O. The monoisotopic (exact) mass is 298 g/mol. The van der Waals surface area contributed by atoms with Crippen molar-refractivity contribution in [2.24, 2.45) is 5.92 Å². The van der Waals surface area contributed by atoms with Crippen LogP contribution in [0.3, 0.4) is 0 Å². The SMILES string of the molecule is CC(C)Cc1ccc(C(C)NCC(O)c2ccncc2)cc1. The third-order valence-electron chi connectivity index (χ3n) is 3.83. The van der Waals surface area contributed by atoms with E-state index in [0.29, 0.717) is 12.5 Å². The van der Waals surface area contributed by atoms with Crippen LogP contribution in [0.5, 0.6) is 0 Å². The summed E-state index contributed by atoms with van der Waals surface area (Å²) < 4.78 is 0. The van der Waals surface area contributed by atoms with Gasteiger partial charge in [-0.15, -0.1) is 0 Å². The van der Waals surface area contributed by atoms with Crippen LogP contribution in [0.1, 0.15) is 49.6 Å². The highest BCUT2D eigenvalue weighted by Crippen LogP contribution is 2.17. The van der Waals surface area contributed by atoms with Gasteiger partial charge in [-0.25, -0.2) is 0 Å². The van der Waals surface area contributed by atoms with Crippen molar-refractivity contribution in [3.05, 3.63) is 65.5 Å². The summed E-state index contributed by atoms with van der Waals surface area (Å²) in [4.78, 5) is 3.97. The topological polar surface area (TPSA) is 45.1 Å². The fraction of sp³-hybridized carbons (Fsp3) is 0.421. The summed E-state index contributed by atoms with van der Waals surface area (Å²) in [5.41, 5.74) is 3.51. The molecule has 2 atom stereocenters. The lowest BCUT2D eigenvalue weighted by atomic mass is 10.00. The Hall–Kier alpha value is -1.71. The summed E-state index contributed by atoms with van der Waals surface area (Å²) in [7, 11) is 0. The molecule has 0 saturated carbocycles. The molecule has 1 aromatic heterocycles. The maximum atomic E-state index is 10.2. The molecule has 2 rings (SSSR count). The Morgan fingerprint density at radius 2 is 1.59 bits per heavy atom. The number of pyridine rings is 1. The first-order chi connectivity index (χ1) is 10.6. The van der Waals surface area contributed by atoms with Crippen molar-refractivity contribution < 1.29 is 5.11 Å². The zero-order chi connectivity index (χ0) is 15.9. The molecule has 22 heavy (non-hydrogen) atoms. The fourth-order valence-electron chi connectivity index (χ4n) is 2.52. The lowest BCUT2D eigenvalue weighted by molar-refractivity contribution is 0.170. The summed E-state index contributed by atoms with van der Waals surface area (Å²) in [5.74, 6) is 0.678. The van der Waals surface area contributed by atoms with Crippen LogP contribution in [0.2, 0.25) is 0 Å². The van der Waals surface area contributed by atoms with E-state index in [1.54, 1.807) is 12.4 Å². The highest BCUT2D eigenvalue weighted by atomic mass is 16.3. The van der Waals surface area contributed by atoms with Crippen LogP contribution < -0.4 is 5.32 Å². The van der Waals surface area contributed by atoms with E-state index in [0.717, 1.165) is 12.0 Å². The number of aromatic nitrogens is 1. The molecule has 0 spiro atoms. The number of benzene rings is 1. The van der Waals surface area contributed by atoms with Crippen molar-refractivity contribution in [2.75, 3.05) is 6.54 Å². The van der Waals surface area contributed by atoms with Gasteiger partial charge in [0.25, 0.3) is 0 Å². The molecule has 0 fully saturated rings. The Morgan fingerprint density at radius 1 is 0.955 bits per heavy atom. The number of hydrogen-bond acceptors (Lipinski definition) is 3. The Labute approximate surface area is 133 Å². The van der Waals surface area contributed by atoms with Gasteiger partial charge in [-0.05, 0) is 48.1 Å².